The standard InChI is InChI=1S/C8H22BNO2Si2/c1-8(9(11)12)10(13(2,3)4)14(5,6)7/h8H,1-7H3/q-2. The van der Waals surface area contributed by atoms with Crippen LogP contribution in [-0.2, 0) is 0 Å². The van der Waals surface area contributed by atoms with Crippen molar-refractivity contribution >= 4 is 23.6 Å². The Morgan fingerprint density at radius 1 is 0.929 bits per heavy atom. The third kappa shape index (κ3) is 3.86. The Labute approximate surface area is 90.5 Å². The Hall–Kier alpha value is 0.379. The number of hydrogen-bond donors (Lipinski definition) is 0. The zero-order valence-electron chi connectivity index (χ0n) is 10.4. The largest absolute Gasteiger partial charge is 0.892 e. The summed E-state index contributed by atoms with van der Waals surface area (Å²) in [5.74, 6) is -0.367. The minimum Gasteiger partial charge on any atom is -0.892 e. The van der Waals surface area contributed by atoms with Crippen molar-refractivity contribution in [1.29, 1.82) is 0 Å². The van der Waals surface area contributed by atoms with E-state index < -0.39 is 23.6 Å². The number of hydrogen-bond acceptors (Lipinski definition) is 3. The van der Waals surface area contributed by atoms with Crippen LogP contribution in [0.3, 0.4) is 0 Å². The first-order valence-electron chi connectivity index (χ1n) is 5.09. The molecule has 0 heterocycles. The molecule has 0 fully saturated rings. The quantitative estimate of drug-likeness (QED) is 0.644. The minimum atomic E-state index is -1.73. The predicted molar refractivity (Wildman–Crippen MR) is 63.7 cm³/mol. The molecule has 0 spiro atoms. The number of rotatable bonds is 4. The summed E-state index contributed by atoms with van der Waals surface area (Å²) in [5.41, 5.74) is 0. The second kappa shape index (κ2) is 4.49. The molecule has 14 heavy (non-hydrogen) atoms. The van der Waals surface area contributed by atoms with Crippen LogP contribution >= 0.6 is 0 Å². The van der Waals surface area contributed by atoms with E-state index in [9.17, 15) is 10.0 Å². The van der Waals surface area contributed by atoms with E-state index >= 15 is 0 Å². The normalized spacial score (nSPS) is 15.9. The van der Waals surface area contributed by atoms with Gasteiger partial charge in [-0.2, -0.15) is 0 Å². The molecule has 0 aliphatic heterocycles. The summed E-state index contributed by atoms with van der Waals surface area (Å²) in [4.78, 5) is 0. The molecular weight excluding hydrogens is 209 g/mol. The molecule has 0 aliphatic carbocycles. The Morgan fingerprint density at radius 3 is 1.29 bits per heavy atom. The molecule has 0 aromatic heterocycles. The van der Waals surface area contributed by atoms with Crippen LogP contribution in [0.25, 0.3) is 0 Å². The summed E-state index contributed by atoms with van der Waals surface area (Å²) in [7, 11) is -4.83. The predicted octanol–water partition coefficient (Wildman–Crippen LogP) is 0.0947. The molecule has 0 aromatic carbocycles. The molecule has 84 valence electrons. The molecule has 0 aliphatic rings. The van der Waals surface area contributed by atoms with Gasteiger partial charge in [-0.1, -0.05) is 59.3 Å². The molecule has 0 aromatic rings. The lowest BCUT2D eigenvalue weighted by Gasteiger charge is -2.54. The van der Waals surface area contributed by atoms with Gasteiger partial charge in [-0.25, -0.2) is 0 Å². The van der Waals surface area contributed by atoms with E-state index in [4.69, 9.17) is 0 Å². The highest BCUT2D eigenvalue weighted by Gasteiger charge is 2.36. The van der Waals surface area contributed by atoms with Gasteiger partial charge in [0.05, 0.1) is 0 Å². The molecule has 0 N–H and O–H groups in total. The molecule has 0 amide bonds. The first kappa shape index (κ1) is 14.4. The van der Waals surface area contributed by atoms with E-state index in [-0.39, 0.29) is 5.94 Å². The molecule has 0 radical (unpaired) electrons. The van der Waals surface area contributed by atoms with Crippen molar-refractivity contribution in [3.05, 3.63) is 0 Å². The van der Waals surface area contributed by atoms with Crippen molar-refractivity contribution in [2.24, 2.45) is 0 Å². The summed E-state index contributed by atoms with van der Waals surface area (Å²) in [6.45, 7) is 15.0. The lowest BCUT2D eigenvalue weighted by Crippen LogP contribution is -2.71. The minimum absolute atomic E-state index is 0.367. The van der Waals surface area contributed by atoms with Crippen LogP contribution in [0.4, 0.5) is 0 Å². The van der Waals surface area contributed by atoms with Crippen LogP contribution in [-0.4, -0.2) is 33.8 Å². The Bertz CT molecular complexity index is 175. The zero-order chi connectivity index (χ0) is 11.7. The Kier molecular flexibility index (Phi) is 4.61. The first-order chi connectivity index (χ1) is 5.98. The average molecular weight is 231 g/mol. The lowest BCUT2D eigenvalue weighted by atomic mass is 9.82. The van der Waals surface area contributed by atoms with Gasteiger partial charge in [0.2, 0.25) is 0 Å². The monoisotopic (exact) mass is 231 g/mol. The van der Waals surface area contributed by atoms with Crippen LogP contribution in [0.5, 0.6) is 0 Å². The summed E-state index contributed by atoms with van der Waals surface area (Å²) in [5, 5.41) is 22.0. The molecule has 0 bridgehead atoms. The first-order valence-corrected chi connectivity index (χ1v) is 12.0. The zero-order valence-corrected chi connectivity index (χ0v) is 12.4. The van der Waals surface area contributed by atoms with Crippen LogP contribution in [0.2, 0.25) is 39.3 Å². The molecule has 6 heteroatoms. The van der Waals surface area contributed by atoms with Crippen LogP contribution in [0.15, 0.2) is 0 Å². The van der Waals surface area contributed by atoms with Crippen molar-refractivity contribution in [2.75, 3.05) is 0 Å². The van der Waals surface area contributed by atoms with E-state index in [0.717, 1.165) is 0 Å². The van der Waals surface area contributed by atoms with Gasteiger partial charge in [0.15, 0.2) is 0 Å². The van der Waals surface area contributed by atoms with Gasteiger partial charge in [0, 0.05) is 0 Å². The Balaban J connectivity index is 4.94. The van der Waals surface area contributed by atoms with E-state index in [2.05, 4.69) is 43.5 Å². The summed E-state index contributed by atoms with van der Waals surface area (Å²) >= 11 is 0. The SMILES string of the molecule is CC(B([O-])[O-])N([Si](C)(C)C)[Si](C)(C)C. The summed E-state index contributed by atoms with van der Waals surface area (Å²) in [6.07, 6.45) is 0. The highest BCUT2D eigenvalue weighted by Crippen LogP contribution is 2.22. The van der Waals surface area contributed by atoms with Gasteiger partial charge in [-0.3, -0.25) is 0 Å². The van der Waals surface area contributed by atoms with Gasteiger partial charge < -0.3 is 14.3 Å². The van der Waals surface area contributed by atoms with Crippen LogP contribution in [0, 0.1) is 0 Å². The highest BCUT2D eigenvalue weighted by atomic mass is 28.4. The molecular formula is C8H22BNO2Si2-2. The van der Waals surface area contributed by atoms with Gasteiger partial charge in [0.1, 0.15) is 16.5 Å². The van der Waals surface area contributed by atoms with Gasteiger partial charge >= 0.3 is 0 Å². The maximum Gasteiger partial charge on any atom is 0.111 e. The van der Waals surface area contributed by atoms with Crippen molar-refractivity contribution in [3.8, 4) is 0 Å². The molecule has 0 rings (SSSR count). The van der Waals surface area contributed by atoms with Crippen molar-refractivity contribution in [2.45, 2.75) is 52.1 Å². The molecule has 1 atom stereocenters. The van der Waals surface area contributed by atoms with Crippen LogP contribution in [0.1, 0.15) is 6.92 Å². The molecule has 1 unspecified atom stereocenters. The fourth-order valence-electron chi connectivity index (χ4n) is 2.35. The van der Waals surface area contributed by atoms with Gasteiger partial charge in [-0.05, 0) is 0 Å². The van der Waals surface area contributed by atoms with Gasteiger partial charge in [0.25, 0.3) is 0 Å². The highest BCUT2D eigenvalue weighted by molar-refractivity contribution is 6.90. The van der Waals surface area contributed by atoms with E-state index in [1.54, 1.807) is 6.92 Å². The molecule has 0 saturated carbocycles. The fraction of sp³-hybridized carbons (Fsp3) is 1.00. The van der Waals surface area contributed by atoms with Gasteiger partial charge in [-0.15, -0.1) is 0 Å². The van der Waals surface area contributed by atoms with E-state index in [0.29, 0.717) is 0 Å². The van der Waals surface area contributed by atoms with E-state index in [1.165, 1.54) is 0 Å². The third-order valence-electron chi connectivity index (χ3n) is 2.25. The topological polar surface area (TPSA) is 49.4 Å². The van der Waals surface area contributed by atoms with Crippen LogP contribution < -0.4 is 10.0 Å². The maximum atomic E-state index is 11.0. The fourth-order valence-corrected chi connectivity index (χ4v) is 13.1. The summed E-state index contributed by atoms with van der Waals surface area (Å²) < 4.78 is 2.27. The lowest BCUT2D eigenvalue weighted by molar-refractivity contribution is -0.353. The molecule has 3 nitrogen and oxygen atoms in total. The maximum absolute atomic E-state index is 11.0. The van der Waals surface area contributed by atoms with E-state index in [1.807, 2.05) is 0 Å². The molecule has 0 saturated heterocycles. The second-order valence-electron chi connectivity index (χ2n) is 5.82. The van der Waals surface area contributed by atoms with Crippen molar-refractivity contribution in [1.82, 2.24) is 4.23 Å². The van der Waals surface area contributed by atoms with Crippen molar-refractivity contribution in [3.63, 3.8) is 0 Å². The Morgan fingerprint density at radius 2 is 1.21 bits per heavy atom. The average Bonchev–Trinajstić information content (AvgIpc) is 1.79. The van der Waals surface area contributed by atoms with Crippen molar-refractivity contribution < 1.29 is 10.0 Å². The smallest absolute Gasteiger partial charge is 0.111 e. The second-order valence-corrected chi connectivity index (χ2v) is 15.9. The number of nitrogens with zero attached hydrogens (tertiary/aromatic N) is 1. The third-order valence-corrected chi connectivity index (χ3v) is 9.98. The summed E-state index contributed by atoms with van der Waals surface area (Å²) in [6, 6.07) is 0.